The number of imidazole rings is 1. The van der Waals surface area contributed by atoms with Gasteiger partial charge < -0.3 is 28.1 Å². The van der Waals surface area contributed by atoms with Crippen LogP contribution in [0.25, 0.3) is 11.2 Å². The molecule has 4 heterocycles. The topological polar surface area (TPSA) is 116 Å². The lowest BCUT2D eigenvalue weighted by Gasteiger charge is -2.39. The Morgan fingerprint density at radius 2 is 1.65 bits per heavy atom. The summed E-state index contributed by atoms with van der Waals surface area (Å²) in [5, 5.41) is 0.140. The van der Waals surface area contributed by atoms with E-state index in [-0.39, 0.29) is 71.3 Å². The SMILES string of the molecule is CC(C)(C)[Si](C)(C)O[C@@H]1CO[C@H]2[C@@H]1OC[C@H]2Oc1nc2cc(Cl)c(OCc3c(F)cc(CN=S(C)(C)=O)cc3F)nc2n1COCC[Si](C)(C)C. The van der Waals surface area contributed by atoms with Crippen molar-refractivity contribution in [3.8, 4) is 11.9 Å². The molecule has 2 aromatic heterocycles. The molecule has 0 amide bonds. The van der Waals surface area contributed by atoms with Crippen LogP contribution in [0.3, 0.4) is 0 Å². The van der Waals surface area contributed by atoms with Crippen molar-refractivity contribution in [2.75, 3.05) is 32.3 Å². The molecule has 0 N–H and O–H groups in total. The molecule has 0 spiro atoms. The molecule has 11 nitrogen and oxygen atoms in total. The van der Waals surface area contributed by atoms with Crippen LogP contribution in [0.4, 0.5) is 8.78 Å². The van der Waals surface area contributed by atoms with Crippen LogP contribution in [0.5, 0.6) is 11.9 Å². The molecule has 1 aromatic carbocycles. The van der Waals surface area contributed by atoms with Crippen molar-refractivity contribution in [2.45, 2.75) is 109 Å². The summed E-state index contributed by atoms with van der Waals surface area (Å²) in [7, 11) is -5.86. The third-order valence-corrected chi connectivity index (χ3v) is 16.6. The molecular formula is C34H51ClF2N4O7SSi2. The minimum absolute atomic E-state index is 0.0391. The lowest BCUT2D eigenvalue weighted by Crippen LogP contribution is -2.47. The molecule has 2 fully saturated rings. The maximum absolute atomic E-state index is 15.0. The number of rotatable bonds is 14. The molecule has 0 aliphatic carbocycles. The Bertz CT molecular complexity index is 1830. The summed E-state index contributed by atoms with van der Waals surface area (Å²) in [4.78, 5) is 9.32. The minimum Gasteiger partial charge on any atom is -0.471 e. The van der Waals surface area contributed by atoms with E-state index in [0.717, 1.165) is 18.2 Å². The Hall–Kier alpha value is -2.19. The van der Waals surface area contributed by atoms with E-state index in [1.807, 2.05) is 0 Å². The molecular weight excluding hydrogens is 738 g/mol. The van der Waals surface area contributed by atoms with Crippen LogP contribution in [-0.2, 0) is 48.2 Å². The van der Waals surface area contributed by atoms with Gasteiger partial charge in [-0.2, -0.15) is 9.97 Å². The van der Waals surface area contributed by atoms with Crippen molar-refractivity contribution >= 4 is 48.9 Å². The summed E-state index contributed by atoms with van der Waals surface area (Å²) in [6.45, 7) is 18.6. The van der Waals surface area contributed by atoms with Crippen molar-refractivity contribution in [3.05, 3.63) is 46.0 Å². The first-order chi connectivity index (χ1) is 23.6. The summed E-state index contributed by atoms with van der Waals surface area (Å²) in [5.74, 6) is -1.69. The lowest BCUT2D eigenvalue weighted by atomic mass is 10.1. The normalized spacial score (nSPS) is 21.4. The van der Waals surface area contributed by atoms with E-state index in [9.17, 15) is 13.0 Å². The number of hydrogen-bond donors (Lipinski definition) is 0. The fourth-order valence-corrected chi connectivity index (χ4v) is 8.14. The average Bonchev–Trinajstić information content (AvgIpc) is 3.67. The standard InChI is InChI=1S/C34H51ClF2N4O7SSi2/c1-34(2,3)51(9,10)48-28-19-45-29-27(18-44-30(28)29)47-33-39-26-15-23(35)32(40-31(26)41(33)20-43-11-12-50(6,7)8)46-17-22-24(36)13-21(14-25(22)37)16-38-49(4,5)42/h13-15,27-30H,11-12,16-20H2,1-10H3/t27-,28-,29-,30-/m1/s1. The molecule has 5 rings (SSSR count). The first-order valence-corrected chi connectivity index (χ1v) is 26.4. The average molecular weight is 789 g/mol. The van der Waals surface area contributed by atoms with Crippen LogP contribution in [0, 0.1) is 11.6 Å². The number of ether oxygens (including phenoxy) is 5. The highest BCUT2D eigenvalue weighted by molar-refractivity contribution is 7.92. The Morgan fingerprint density at radius 3 is 2.25 bits per heavy atom. The first kappa shape index (κ1) is 40.0. The summed E-state index contributed by atoms with van der Waals surface area (Å²) in [5.41, 5.74) is 0.738. The number of halogens is 3. The molecule has 4 atom stereocenters. The highest BCUT2D eigenvalue weighted by Gasteiger charge is 2.52. The van der Waals surface area contributed by atoms with Gasteiger partial charge in [-0.1, -0.05) is 52.0 Å². The van der Waals surface area contributed by atoms with Crippen LogP contribution in [-0.4, -0.2) is 91.9 Å². The Morgan fingerprint density at radius 1 is 1.02 bits per heavy atom. The number of aromatic nitrogens is 3. The molecule has 0 radical (unpaired) electrons. The molecule has 2 aliphatic heterocycles. The zero-order valence-corrected chi connectivity index (χ0v) is 34.8. The van der Waals surface area contributed by atoms with Gasteiger partial charge in [0.05, 0.1) is 31.4 Å². The van der Waals surface area contributed by atoms with E-state index >= 15 is 0 Å². The van der Waals surface area contributed by atoms with Gasteiger partial charge in [-0.25, -0.2) is 13.1 Å². The van der Waals surface area contributed by atoms with Gasteiger partial charge in [0.2, 0.25) is 5.88 Å². The van der Waals surface area contributed by atoms with Gasteiger partial charge in [-0.05, 0) is 47.9 Å². The highest BCUT2D eigenvalue weighted by Crippen LogP contribution is 2.41. The van der Waals surface area contributed by atoms with Gasteiger partial charge in [0.1, 0.15) is 47.7 Å². The maximum Gasteiger partial charge on any atom is 0.301 e. The zero-order chi connectivity index (χ0) is 37.5. The lowest BCUT2D eigenvalue weighted by molar-refractivity contribution is 0.00686. The molecule has 284 valence electrons. The molecule has 0 bridgehead atoms. The van der Waals surface area contributed by atoms with Crippen molar-refractivity contribution in [3.63, 3.8) is 0 Å². The second-order valence-electron chi connectivity index (χ2n) is 16.3. The Balaban J connectivity index is 1.37. The number of nitrogens with zero attached hydrogens (tertiary/aromatic N) is 4. The molecule has 0 saturated carbocycles. The summed E-state index contributed by atoms with van der Waals surface area (Å²) in [6, 6.07) is 5.06. The third-order valence-electron chi connectivity index (χ3n) is 9.41. The number of pyridine rings is 1. The third kappa shape index (κ3) is 9.87. The van der Waals surface area contributed by atoms with Crippen molar-refractivity contribution in [2.24, 2.45) is 4.36 Å². The zero-order valence-electron chi connectivity index (χ0n) is 31.2. The van der Waals surface area contributed by atoms with Crippen molar-refractivity contribution in [1.29, 1.82) is 0 Å². The van der Waals surface area contributed by atoms with Crippen LogP contribution in [0.1, 0.15) is 31.9 Å². The maximum atomic E-state index is 15.0. The molecule has 17 heteroatoms. The second kappa shape index (κ2) is 15.3. The number of fused-ring (bicyclic) bond motifs is 2. The van der Waals surface area contributed by atoms with E-state index in [4.69, 9.17) is 44.7 Å². The van der Waals surface area contributed by atoms with Gasteiger partial charge in [-0.15, -0.1) is 0 Å². The van der Waals surface area contributed by atoms with Crippen LogP contribution < -0.4 is 9.47 Å². The second-order valence-corrected chi connectivity index (χ2v) is 29.7. The predicted octanol–water partition coefficient (Wildman–Crippen LogP) is 7.42. The van der Waals surface area contributed by atoms with Gasteiger partial charge in [0.25, 0.3) is 0 Å². The van der Waals surface area contributed by atoms with Crippen LogP contribution in [0.2, 0.25) is 48.8 Å². The number of benzene rings is 1. The molecule has 0 unspecified atom stereocenters. The van der Waals surface area contributed by atoms with E-state index in [2.05, 4.69) is 62.9 Å². The molecule has 2 saturated heterocycles. The van der Waals surface area contributed by atoms with Crippen molar-refractivity contribution in [1.82, 2.24) is 14.5 Å². The first-order valence-electron chi connectivity index (χ1n) is 17.1. The summed E-state index contributed by atoms with van der Waals surface area (Å²) in [6.07, 6.45) is 1.63. The summed E-state index contributed by atoms with van der Waals surface area (Å²) < 4.78 is 85.0. The minimum atomic E-state index is -2.42. The predicted molar refractivity (Wildman–Crippen MR) is 199 cm³/mol. The fourth-order valence-electron chi connectivity index (χ4n) is 5.41. The Labute approximate surface area is 307 Å². The van der Waals surface area contributed by atoms with E-state index in [1.165, 1.54) is 12.5 Å². The van der Waals surface area contributed by atoms with Crippen LogP contribution >= 0.6 is 11.6 Å². The quantitative estimate of drug-likeness (QED) is 0.122. The van der Waals surface area contributed by atoms with Gasteiger partial charge >= 0.3 is 6.01 Å². The van der Waals surface area contributed by atoms with Crippen LogP contribution in [0.15, 0.2) is 22.6 Å². The van der Waals surface area contributed by atoms with E-state index in [0.29, 0.717) is 24.4 Å². The van der Waals surface area contributed by atoms with Gasteiger partial charge in [-0.3, -0.25) is 8.78 Å². The van der Waals surface area contributed by atoms with E-state index < -0.39 is 50.5 Å². The molecule has 51 heavy (non-hydrogen) atoms. The summed E-state index contributed by atoms with van der Waals surface area (Å²) >= 11 is 6.56. The fraction of sp³-hybridized carbons (Fsp3) is 0.647. The highest BCUT2D eigenvalue weighted by atomic mass is 35.5. The number of hydrogen-bond acceptors (Lipinski definition) is 10. The monoisotopic (exact) mass is 788 g/mol. The largest absolute Gasteiger partial charge is 0.471 e. The smallest absolute Gasteiger partial charge is 0.301 e. The molecule has 3 aromatic rings. The van der Waals surface area contributed by atoms with E-state index in [1.54, 1.807) is 10.6 Å². The molecule has 2 aliphatic rings. The van der Waals surface area contributed by atoms with Gasteiger partial charge in [0, 0.05) is 36.9 Å². The van der Waals surface area contributed by atoms with Crippen molar-refractivity contribution < 1.29 is 41.1 Å². The van der Waals surface area contributed by atoms with Gasteiger partial charge in [0.15, 0.2) is 20.1 Å². The Kier molecular flexibility index (Phi) is 12.0.